The second kappa shape index (κ2) is 9.52. The van der Waals surface area contributed by atoms with Crippen LogP contribution in [0.1, 0.15) is 25.0 Å². The van der Waals surface area contributed by atoms with Crippen LogP contribution in [0.2, 0.25) is 0 Å². The van der Waals surface area contributed by atoms with Crippen LogP contribution in [0.25, 0.3) is 0 Å². The monoisotopic (exact) mass is 390 g/mol. The van der Waals surface area contributed by atoms with E-state index in [1.807, 2.05) is 37.3 Å². The van der Waals surface area contributed by atoms with Crippen molar-refractivity contribution in [2.45, 2.75) is 31.8 Å². The zero-order valence-electron chi connectivity index (χ0n) is 16.1. The Bertz CT molecular complexity index is 809. The van der Waals surface area contributed by atoms with Crippen LogP contribution in [0.4, 0.5) is 8.78 Å². The number of nitrogens with one attached hydrogen (secondary N) is 2. The maximum atomic E-state index is 13.2. The molecule has 7 heteroatoms. The van der Waals surface area contributed by atoms with Crippen LogP contribution >= 0.6 is 0 Å². The van der Waals surface area contributed by atoms with Crippen LogP contribution in [0.3, 0.4) is 0 Å². The fourth-order valence-corrected chi connectivity index (χ4v) is 3.03. The summed E-state index contributed by atoms with van der Waals surface area (Å²) in [4.78, 5) is 24.5. The number of amides is 2. The maximum Gasteiger partial charge on any atom is 0.243 e. The van der Waals surface area contributed by atoms with E-state index in [0.29, 0.717) is 6.61 Å². The van der Waals surface area contributed by atoms with Gasteiger partial charge in [0.25, 0.3) is 0 Å². The number of imide groups is 1. The molecule has 2 rings (SSSR count). The van der Waals surface area contributed by atoms with Gasteiger partial charge in [0.15, 0.2) is 0 Å². The van der Waals surface area contributed by atoms with Crippen molar-refractivity contribution in [3.05, 3.63) is 71.3 Å². The van der Waals surface area contributed by atoms with Gasteiger partial charge in [0.05, 0.1) is 24.6 Å². The first kappa shape index (κ1) is 21.7. The molecule has 2 amide bonds. The molecular weight excluding hydrogens is 366 g/mol. The highest BCUT2D eigenvalue weighted by atomic mass is 19.1. The van der Waals surface area contributed by atoms with Crippen molar-refractivity contribution >= 4 is 11.8 Å². The Kier molecular flexibility index (Phi) is 7.37. The number of methoxy groups -OCH3 is 1. The predicted octanol–water partition coefficient (Wildman–Crippen LogP) is 2.69. The van der Waals surface area contributed by atoms with Gasteiger partial charge in [-0.3, -0.25) is 20.2 Å². The molecule has 28 heavy (non-hydrogen) atoms. The summed E-state index contributed by atoms with van der Waals surface area (Å²) < 4.78 is 31.7. The number of halogens is 2. The zero-order valence-corrected chi connectivity index (χ0v) is 16.1. The molecule has 150 valence electrons. The highest BCUT2D eigenvalue weighted by Crippen LogP contribution is 2.21. The van der Waals surface area contributed by atoms with Crippen LogP contribution < -0.4 is 10.6 Å². The summed E-state index contributed by atoms with van der Waals surface area (Å²) in [5.74, 6) is -2.73. The summed E-state index contributed by atoms with van der Waals surface area (Å²) in [6.45, 7) is 3.83. The number of ether oxygens (including phenoxy) is 1. The second-order valence-corrected chi connectivity index (χ2v) is 6.86. The molecule has 0 radical (unpaired) electrons. The summed E-state index contributed by atoms with van der Waals surface area (Å²) in [6, 6.07) is 11.6. The lowest BCUT2D eigenvalue weighted by Gasteiger charge is -2.33. The van der Waals surface area contributed by atoms with E-state index in [0.717, 1.165) is 23.8 Å². The summed E-state index contributed by atoms with van der Waals surface area (Å²) in [6.07, 6.45) is -0.304. The van der Waals surface area contributed by atoms with Crippen molar-refractivity contribution in [3.8, 4) is 0 Å². The molecule has 0 fully saturated rings. The third-order valence-electron chi connectivity index (χ3n) is 4.32. The lowest BCUT2D eigenvalue weighted by molar-refractivity contribution is -0.131. The molecule has 0 saturated heterocycles. The number of carbonyl (C=O) groups excluding carboxylic acids is 2. The molecule has 2 N–H and O–H groups in total. The van der Waals surface area contributed by atoms with Crippen molar-refractivity contribution in [3.63, 3.8) is 0 Å². The summed E-state index contributed by atoms with van der Waals surface area (Å²) in [5, 5.41) is 5.45. The van der Waals surface area contributed by atoms with Crippen LogP contribution in [0, 0.1) is 11.6 Å². The van der Waals surface area contributed by atoms with Gasteiger partial charge in [0, 0.05) is 13.2 Å². The van der Waals surface area contributed by atoms with E-state index < -0.39 is 35.0 Å². The molecule has 0 unspecified atom stereocenters. The van der Waals surface area contributed by atoms with Gasteiger partial charge in [-0.1, -0.05) is 30.3 Å². The van der Waals surface area contributed by atoms with E-state index in [9.17, 15) is 18.4 Å². The molecule has 5 nitrogen and oxygen atoms in total. The Labute approximate surface area is 163 Å². The third-order valence-corrected chi connectivity index (χ3v) is 4.32. The number of benzene rings is 2. The molecule has 0 spiro atoms. The number of rotatable bonds is 8. The normalized spacial score (nSPS) is 14.2. The quantitative estimate of drug-likeness (QED) is 0.727. The average Bonchev–Trinajstić information content (AvgIpc) is 2.61. The molecule has 0 heterocycles. The van der Waals surface area contributed by atoms with E-state index in [2.05, 4.69) is 10.6 Å². The number of hydrogen-bond acceptors (Lipinski definition) is 4. The van der Waals surface area contributed by atoms with Crippen molar-refractivity contribution < 1.29 is 23.1 Å². The SMILES string of the molecule is COC[C@@](C)(N[C@@H](C)C(=O)NC(=O)Cc1cc(F)cc(F)c1)c1ccccc1. The molecule has 0 bridgehead atoms. The first-order valence-electron chi connectivity index (χ1n) is 8.84. The fourth-order valence-electron chi connectivity index (χ4n) is 3.03. The summed E-state index contributed by atoms with van der Waals surface area (Å²) >= 11 is 0. The summed E-state index contributed by atoms with van der Waals surface area (Å²) in [5.41, 5.74) is 0.427. The minimum Gasteiger partial charge on any atom is -0.382 e. The lowest BCUT2D eigenvalue weighted by atomic mass is 9.92. The Morgan fingerprint density at radius 3 is 2.29 bits per heavy atom. The third kappa shape index (κ3) is 5.94. The predicted molar refractivity (Wildman–Crippen MR) is 101 cm³/mol. The number of hydrogen-bond donors (Lipinski definition) is 2. The van der Waals surface area contributed by atoms with E-state index in [1.165, 1.54) is 0 Å². The standard InChI is InChI=1S/C21H24F2N2O3/c1-14(25-21(2,13-28-3)16-7-5-4-6-8-16)20(27)24-19(26)11-15-9-17(22)12-18(23)10-15/h4-10,12,14,25H,11,13H2,1-3H3,(H,24,26,27)/t14-,21+/m0/s1. The molecular formula is C21H24F2N2O3. The Hall–Kier alpha value is -2.64. The van der Waals surface area contributed by atoms with Gasteiger partial charge in [0.2, 0.25) is 11.8 Å². The van der Waals surface area contributed by atoms with Gasteiger partial charge in [-0.2, -0.15) is 0 Å². The van der Waals surface area contributed by atoms with Crippen molar-refractivity contribution in [2.24, 2.45) is 0 Å². The Morgan fingerprint density at radius 1 is 1.11 bits per heavy atom. The first-order valence-corrected chi connectivity index (χ1v) is 8.84. The average molecular weight is 390 g/mol. The van der Waals surface area contributed by atoms with E-state index in [-0.39, 0.29) is 12.0 Å². The lowest BCUT2D eigenvalue weighted by Crippen LogP contribution is -2.54. The maximum absolute atomic E-state index is 13.2. The van der Waals surface area contributed by atoms with Crippen LogP contribution in [-0.4, -0.2) is 31.6 Å². The van der Waals surface area contributed by atoms with Gasteiger partial charge >= 0.3 is 0 Å². The Balaban J connectivity index is 2.01. The van der Waals surface area contributed by atoms with Gasteiger partial charge < -0.3 is 4.74 Å². The van der Waals surface area contributed by atoms with Crippen LogP contribution in [0.15, 0.2) is 48.5 Å². The molecule has 2 aromatic rings. The summed E-state index contributed by atoms with van der Waals surface area (Å²) in [7, 11) is 1.56. The molecule has 0 aliphatic rings. The topological polar surface area (TPSA) is 67.4 Å². The smallest absolute Gasteiger partial charge is 0.243 e. The van der Waals surface area contributed by atoms with Gasteiger partial charge in [-0.15, -0.1) is 0 Å². The largest absolute Gasteiger partial charge is 0.382 e. The number of carbonyl (C=O) groups is 2. The van der Waals surface area contributed by atoms with Gasteiger partial charge in [0.1, 0.15) is 11.6 Å². The van der Waals surface area contributed by atoms with Crippen molar-refractivity contribution in [2.75, 3.05) is 13.7 Å². The molecule has 2 atom stereocenters. The first-order chi connectivity index (χ1) is 13.2. The highest BCUT2D eigenvalue weighted by molar-refractivity contribution is 5.98. The van der Waals surface area contributed by atoms with E-state index in [1.54, 1.807) is 14.0 Å². The molecule has 0 aromatic heterocycles. The van der Waals surface area contributed by atoms with Gasteiger partial charge in [-0.05, 0) is 37.1 Å². The molecule has 0 aliphatic carbocycles. The van der Waals surface area contributed by atoms with Crippen molar-refractivity contribution in [1.29, 1.82) is 0 Å². The second-order valence-electron chi connectivity index (χ2n) is 6.86. The van der Waals surface area contributed by atoms with E-state index in [4.69, 9.17) is 4.74 Å². The molecule has 0 aliphatic heterocycles. The van der Waals surface area contributed by atoms with Crippen LogP contribution in [0.5, 0.6) is 0 Å². The minimum atomic E-state index is -0.776. The zero-order chi connectivity index (χ0) is 20.7. The highest BCUT2D eigenvalue weighted by Gasteiger charge is 2.30. The van der Waals surface area contributed by atoms with Crippen molar-refractivity contribution in [1.82, 2.24) is 10.6 Å². The molecule has 0 saturated carbocycles. The molecule has 2 aromatic carbocycles. The minimum absolute atomic E-state index is 0.150. The van der Waals surface area contributed by atoms with Crippen LogP contribution in [-0.2, 0) is 26.3 Å². The van der Waals surface area contributed by atoms with E-state index >= 15 is 0 Å². The van der Waals surface area contributed by atoms with Gasteiger partial charge in [-0.25, -0.2) is 8.78 Å². The Morgan fingerprint density at radius 2 is 1.71 bits per heavy atom. The fraction of sp³-hybridized carbons (Fsp3) is 0.333.